The van der Waals surface area contributed by atoms with Gasteiger partial charge in [0.05, 0.1) is 12.5 Å². The second kappa shape index (κ2) is 6.19. The first kappa shape index (κ1) is 13.3. The van der Waals surface area contributed by atoms with Gasteiger partial charge in [-0.3, -0.25) is 4.79 Å². The molecular formula is C13H22BrNO2. The molecule has 0 aromatic carbocycles. The number of carbonyl (C=O) groups is 1. The Morgan fingerprint density at radius 3 is 2.65 bits per heavy atom. The second-order valence-electron chi connectivity index (χ2n) is 5.23. The Morgan fingerprint density at radius 2 is 2.00 bits per heavy atom. The second-order valence-corrected chi connectivity index (χ2v) is 6.41. The summed E-state index contributed by atoms with van der Waals surface area (Å²) in [4.78, 5) is 14.8. The first-order chi connectivity index (χ1) is 8.20. The fourth-order valence-corrected chi connectivity index (χ4v) is 3.83. The number of ether oxygens (including phenoxy) is 1. The summed E-state index contributed by atoms with van der Waals surface area (Å²) in [6.07, 6.45) is 6.84. The van der Waals surface area contributed by atoms with Crippen molar-refractivity contribution in [3.8, 4) is 0 Å². The summed E-state index contributed by atoms with van der Waals surface area (Å²) < 4.78 is 5.41. The van der Waals surface area contributed by atoms with Crippen molar-refractivity contribution < 1.29 is 9.53 Å². The Balaban J connectivity index is 1.92. The largest absolute Gasteiger partial charge is 0.381 e. The Labute approximate surface area is 112 Å². The van der Waals surface area contributed by atoms with E-state index in [0.29, 0.717) is 17.5 Å². The Bertz CT molecular complexity index is 266. The molecule has 0 spiro atoms. The maximum Gasteiger partial charge on any atom is 0.228 e. The number of rotatable bonds is 2. The first-order valence-corrected chi connectivity index (χ1v) is 7.60. The first-order valence-electron chi connectivity index (χ1n) is 6.68. The lowest BCUT2D eigenvalue weighted by Crippen LogP contribution is -2.47. The van der Waals surface area contributed by atoms with E-state index in [1.807, 2.05) is 11.9 Å². The molecule has 1 saturated carbocycles. The summed E-state index contributed by atoms with van der Waals surface area (Å²) in [6.45, 7) is 1.43. The third-order valence-electron chi connectivity index (χ3n) is 4.00. The van der Waals surface area contributed by atoms with Gasteiger partial charge in [0, 0.05) is 24.5 Å². The van der Waals surface area contributed by atoms with Crippen LogP contribution in [-0.4, -0.2) is 41.9 Å². The van der Waals surface area contributed by atoms with E-state index in [0.717, 1.165) is 25.9 Å². The molecule has 1 aliphatic carbocycles. The third kappa shape index (κ3) is 3.22. The standard InChI is InChI=1S/C13H22BrNO2/c1-15(12-7-3-2-6-11(12)14)13(16)10-5-4-8-17-9-10/h10-12H,2-9H2,1H3. The number of carbonyl (C=O) groups excluding carboxylic acids is 1. The lowest BCUT2D eigenvalue weighted by molar-refractivity contribution is -0.140. The maximum atomic E-state index is 12.4. The van der Waals surface area contributed by atoms with Crippen molar-refractivity contribution >= 4 is 21.8 Å². The van der Waals surface area contributed by atoms with E-state index in [1.165, 1.54) is 19.3 Å². The van der Waals surface area contributed by atoms with Gasteiger partial charge in [-0.2, -0.15) is 0 Å². The summed E-state index contributed by atoms with van der Waals surface area (Å²) in [5, 5.41) is 0. The van der Waals surface area contributed by atoms with Crippen LogP contribution in [0.15, 0.2) is 0 Å². The topological polar surface area (TPSA) is 29.5 Å². The van der Waals surface area contributed by atoms with Gasteiger partial charge in [-0.15, -0.1) is 0 Å². The lowest BCUT2D eigenvalue weighted by Gasteiger charge is -2.37. The van der Waals surface area contributed by atoms with E-state index < -0.39 is 0 Å². The van der Waals surface area contributed by atoms with Crippen molar-refractivity contribution in [3.63, 3.8) is 0 Å². The molecule has 2 fully saturated rings. The van der Waals surface area contributed by atoms with Crippen molar-refractivity contribution in [1.82, 2.24) is 4.90 Å². The van der Waals surface area contributed by atoms with E-state index in [4.69, 9.17) is 4.74 Å². The highest BCUT2D eigenvalue weighted by Gasteiger charge is 2.32. The zero-order valence-corrected chi connectivity index (χ0v) is 12.1. The number of hydrogen-bond donors (Lipinski definition) is 0. The van der Waals surface area contributed by atoms with Gasteiger partial charge >= 0.3 is 0 Å². The minimum absolute atomic E-state index is 0.0929. The van der Waals surface area contributed by atoms with Gasteiger partial charge in [-0.05, 0) is 25.7 Å². The molecule has 3 nitrogen and oxygen atoms in total. The highest BCUT2D eigenvalue weighted by atomic mass is 79.9. The molecule has 2 aliphatic rings. The van der Waals surface area contributed by atoms with Crippen LogP contribution >= 0.6 is 15.9 Å². The molecule has 1 aliphatic heterocycles. The quantitative estimate of drug-likeness (QED) is 0.734. The number of alkyl halides is 1. The monoisotopic (exact) mass is 303 g/mol. The van der Waals surface area contributed by atoms with Crippen LogP contribution in [0, 0.1) is 5.92 Å². The Hall–Kier alpha value is -0.0900. The van der Waals surface area contributed by atoms with Crippen molar-refractivity contribution in [2.45, 2.75) is 49.4 Å². The summed E-state index contributed by atoms with van der Waals surface area (Å²) in [7, 11) is 1.96. The molecule has 0 N–H and O–H groups in total. The van der Waals surface area contributed by atoms with Crippen molar-refractivity contribution in [2.75, 3.05) is 20.3 Å². The van der Waals surface area contributed by atoms with Gasteiger partial charge in [0.1, 0.15) is 0 Å². The van der Waals surface area contributed by atoms with E-state index in [9.17, 15) is 4.79 Å². The van der Waals surface area contributed by atoms with Gasteiger partial charge in [-0.25, -0.2) is 0 Å². The van der Waals surface area contributed by atoms with Crippen molar-refractivity contribution in [3.05, 3.63) is 0 Å². The highest BCUT2D eigenvalue weighted by Crippen LogP contribution is 2.29. The zero-order valence-electron chi connectivity index (χ0n) is 10.5. The predicted octanol–water partition coefficient (Wildman–Crippen LogP) is 2.58. The minimum Gasteiger partial charge on any atom is -0.381 e. The van der Waals surface area contributed by atoms with E-state index in [-0.39, 0.29) is 11.8 Å². The van der Waals surface area contributed by atoms with Crippen LogP contribution in [0.25, 0.3) is 0 Å². The maximum absolute atomic E-state index is 12.4. The van der Waals surface area contributed by atoms with E-state index >= 15 is 0 Å². The molecule has 0 bridgehead atoms. The molecule has 17 heavy (non-hydrogen) atoms. The highest BCUT2D eigenvalue weighted by molar-refractivity contribution is 9.09. The molecule has 4 heteroatoms. The van der Waals surface area contributed by atoms with Gasteiger partial charge < -0.3 is 9.64 Å². The van der Waals surface area contributed by atoms with Crippen LogP contribution < -0.4 is 0 Å². The van der Waals surface area contributed by atoms with E-state index in [2.05, 4.69) is 15.9 Å². The fourth-order valence-electron chi connectivity index (χ4n) is 2.89. The molecule has 0 aromatic heterocycles. The van der Waals surface area contributed by atoms with Crippen LogP contribution in [0.4, 0.5) is 0 Å². The van der Waals surface area contributed by atoms with Gasteiger partial charge in [0.25, 0.3) is 0 Å². The van der Waals surface area contributed by atoms with Crippen LogP contribution in [0.1, 0.15) is 38.5 Å². The van der Waals surface area contributed by atoms with Crippen molar-refractivity contribution in [1.29, 1.82) is 0 Å². The summed E-state index contributed by atoms with van der Waals surface area (Å²) in [5.41, 5.74) is 0. The van der Waals surface area contributed by atoms with Crippen molar-refractivity contribution in [2.24, 2.45) is 5.92 Å². The smallest absolute Gasteiger partial charge is 0.228 e. The molecule has 0 radical (unpaired) electrons. The van der Waals surface area contributed by atoms with E-state index in [1.54, 1.807) is 0 Å². The molecule has 1 heterocycles. The molecule has 2 rings (SSSR count). The van der Waals surface area contributed by atoms with Gasteiger partial charge in [0.15, 0.2) is 0 Å². The van der Waals surface area contributed by atoms with Crippen LogP contribution in [0.5, 0.6) is 0 Å². The molecule has 98 valence electrons. The number of hydrogen-bond acceptors (Lipinski definition) is 2. The molecule has 1 saturated heterocycles. The van der Waals surface area contributed by atoms with Crippen LogP contribution in [0.2, 0.25) is 0 Å². The molecule has 0 aromatic rings. The summed E-state index contributed by atoms with van der Waals surface area (Å²) in [5.74, 6) is 0.372. The fraction of sp³-hybridized carbons (Fsp3) is 0.923. The SMILES string of the molecule is CN(C(=O)C1CCCOC1)C1CCCCC1Br. The zero-order chi connectivity index (χ0) is 12.3. The van der Waals surface area contributed by atoms with Gasteiger partial charge in [-0.1, -0.05) is 28.8 Å². The number of amides is 1. The lowest BCUT2D eigenvalue weighted by atomic mass is 9.92. The molecule has 3 atom stereocenters. The Morgan fingerprint density at radius 1 is 1.24 bits per heavy atom. The average molecular weight is 304 g/mol. The average Bonchev–Trinajstić information content (AvgIpc) is 2.39. The summed E-state index contributed by atoms with van der Waals surface area (Å²) >= 11 is 3.72. The van der Waals surface area contributed by atoms with Crippen LogP contribution in [-0.2, 0) is 9.53 Å². The summed E-state index contributed by atoms with van der Waals surface area (Å²) in [6, 6.07) is 0.373. The number of nitrogens with zero attached hydrogens (tertiary/aromatic N) is 1. The van der Waals surface area contributed by atoms with Gasteiger partial charge in [0.2, 0.25) is 5.91 Å². The third-order valence-corrected chi connectivity index (χ3v) is 5.07. The molecular weight excluding hydrogens is 282 g/mol. The molecule has 3 unspecified atom stereocenters. The molecule has 1 amide bonds. The Kier molecular flexibility index (Phi) is 4.86. The minimum atomic E-state index is 0.0929. The van der Waals surface area contributed by atoms with Crippen LogP contribution in [0.3, 0.4) is 0 Å². The predicted molar refractivity (Wildman–Crippen MR) is 71.3 cm³/mol. The normalized spacial score (nSPS) is 34.4. The number of halogens is 1.